The summed E-state index contributed by atoms with van der Waals surface area (Å²) in [6.45, 7) is 4.69. The van der Waals surface area contributed by atoms with E-state index in [0.717, 1.165) is 37.9 Å². The first-order chi connectivity index (χ1) is 25.0. The van der Waals surface area contributed by atoms with Gasteiger partial charge in [0.1, 0.15) is 0 Å². The molecule has 3 aromatic heterocycles. The maximum Gasteiger partial charge on any atom is 0.235 e. The Morgan fingerprint density at radius 2 is 1.24 bits per heavy atom. The summed E-state index contributed by atoms with van der Waals surface area (Å²) in [6, 6.07) is 55.0. The smallest absolute Gasteiger partial charge is 0.235 e. The molecule has 1 aliphatic carbocycles. The Hall–Kier alpha value is -6.10. The first-order valence-electron chi connectivity index (χ1n) is 17.5. The topological polar surface area (TPSA) is 30.7 Å². The van der Waals surface area contributed by atoms with Crippen LogP contribution in [0.5, 0.6) is 0 Å². The molecule has 0 saturated carbocycles. The van der Waals surface area contributed by atoms with Gasteiger partial charge in [-0.25, -0.2) is 9.97 Å². The van der Waals surface area contributed by atoms with Gasteiger partial charge >= 0.3 is 0 Å². The molecule has 4 heteroatoms. The summed E-state index contributed by atoms with van der Waals surface area (Å²) in [5, 5.41) is 6.03. The van der Waals surface area contributed by atoms with Crippen LogP contribution in [0.2, 0.25) is 0 Å². The average molecular weight is 670 g/mol. The zero-order chi connectivity index (χ0) is 33.8. The minimum absolute atomic E-state index is 0.125. The van der Waals surface area contributed by atoms with Gasteiger partial charge in [0.15, 0.2) is 0 Å². The van der Waals surface area contributed by atoms with Crippen LogP contribution in [0.3, 0.4) is 0 Å². The number of aromatic nitrogens is 3. The molecule has 0 spiro atoms. The second-order valence-electron chi connectivity index (χ2n) is 14.2. The number of benzene rings is 7. The molecule has 0 amide bonds. The van der Waals surface area contributed by atoms with Crippen molar-refractivity contribution in [1.82, 2.24) is 14.5 Å². The minimum Gasteiger partial charge on any atom is -0.278 e. The van der Waals surface area contributed by atoms with Gasteiger partial charge in [-0.3, -0.25) is 4.57 Å². The predicted octanol–water partition coefficient (Wildman–Crippen LogP) is 12.7. The summed E-state index contributed by atoms with van der Waals surface area (Å²) in [4.78, 5) is 11.1. The van der Waals surface area contributed by atoms with Crippen molar-refractivity contribution in [2.24, 2.45) is 0 Å². The van der Waals surface area contributed by atoms with Crippen LogP contribution in [0.4, 0.5) is 0 Å². The predicted molar refractivity (Wildman–Crippen MR) is 215 cm³/mol. The normalized spacial score (nSPS) is 13.5. The Balaban J connectivity index is 1.24. The van der Waals surface area contributed by atoms with Crippen LogP contribution in [0, 0.1) is 0 Å². The molecule has 0 atom stereocenters. The van der Waals surface area contributed by atoms with E-state index in [-0.39, 0.29) is 5.41 Å². The van der Waals surface area contributed by atoms with Gasteiger partial charge in [-0.05, 0) is 80.6 Å². The fourth-order valence-corrected chi connectivity index (χ4v) is 9.65. The van der Waals surface area contributed by atoms with Crippen molar-refractivity contribution in [1.29, 1.82) is 0 Å². The first-order valence-corrected chi connectivity index (χ1v) is 18.3. The quantitative estimate of drug-likeness (QED) is 0.187. The maximum absolute atomic E-state index is 5.55. The van der Waals surface area contributed by atoms with Gasteiger partial charge in [0, 0.05) is 31.8 Å². The van der Waals surface area contributed by atoms with Crippen LogP contribution < -0.4 is 0 Å². The van der Waals surface area contributed by atoms with Crippen LogP contribution in [0.15, 0.2) is 152 Å². The Labute approximate surface area is 299 Å². The van der Waals surface area contributed by atoms with Crippen LogP contribution in [-0.4, -0.2) is 14.5 Å². The lowest BCUT2D eigenvalue weighted by atomic mass is 9.82. The first kappa shape index (κ1) is 28.7. The lowest BCUT2D eigenvalue weighted by molar-refractivity contribution is 0.661. The second kappa shape index (κ2) is 10.5. The molecule has 3 heterocycles. The van der Waals surface area contributed by atoms with Crippen LogP contribution in [0.1, 0.15) is 25.0 Å². The van der Waals surface area contributed by atoms with Crippen molar-refractivity contribution < 1.29 is 0 Å². The lowest BCUT2D eigenvalue weighted by Crippen LogP contribution is -2.15. The highest BCUT2D eigenvalue weighted by Gasteiger charge is 2.36. The number of para-hydroxylation sites is 1. The number of nitrogens with zero attached hydrogens (tertiary/aromatic N) is 3. The van der Waals surface area contributed by atoms with E-state index in [2.05, 4.69) is 170 Å². The summed E-state index contributed by atoms with van der Waals surface area (Å²) in [7, 11) is 0. The fourth-order valence-electron chi connectivity index (χ4n) is 8.47. The van der Waals surface area contributed by atoms with E-state index in [0.29, 0.717) is 5.95 Å². The largest absolute Gasteiger partial charge is 0.278 e. The third kappa shape index (κ3) is 4.11. The molecule has 0 saturated heterocycles. The van der Waals surface area contributed by atoms with Crippen LogP contribution in [0.25, 0.3) is 92.3 Å². The maximum atomic E-state index is 5.55. The molecule has 1 aliphatic rings. The molecule has 11 rings (SSSR count). The summed E-state index contributed by atoms with van der Waals surface area (Å²) in [5.41, 5.74) is 12.9. The highest BCUT2D eigenvalue weighted by atomic mass is 32.1. The number of hydrogen-bond donors (Lipinski definition) is 0. The van der Waals surface area contributed by atoms with E-state index in [1.165, 1.54) is 59.6 Å². The molecule has 0 N–H and O–H groups in total. The number of fused-ring (bicyclic) bond motifs is 10. The molecule has 3 nitrogen and oxygen atoms in total. The Bertz CT molecular complexity index is 3060. The Kier molecular flexibility index (Phi) is 5.89. The van der Waals surface area contributed by atoms with Gasteiger partial charge in [-0.1, -0.05) is 129 Å². The molecule has 0 aliphatic heterocycles. The number of rotatable bonds is 3. The second-order valence-corrected chi connectivity index (χ2v) is 15.3. The SMILES string of the molecule is CC1(C)c2ccccc2-c2cc3c4ccccc4n(-c4nc(-c5cccc(-c6ccccc6)c5)c5sc6cc7ccccc7cc6c5n4)c3cc21. The molecule has 0 radical (unpaired) electrons. The van der Waals surface area contributed by atoms with Gasteiger partial charge in [-0.15, -0.1) is 11.3 Å². The van der Waals surface area contributed by atoms with E-state index in [4.69, 9.17) is 9.97 Å². The van der Waals surface area contributed by atoms with Crippen molar-refractivity contribution in [3.63, 3.8) is 0 Å². The zero-order valence-corrected chi connectivity index (χ0v) is 29.0. The minimum atomic E-state index is -0.125. The highest BCUT2D eigenvalue weighted by molar-refractivity contribution is 7.26. The fraction of sp³-hybridized carbons (Fsp3) is 0.0638. The molecule has 240 valence electrons. The van der Waals surface area contributed by atoms with E-state index in [1.54, 1.807) is 11.3 Å². The van der Waals surface area contributed by atoms with Crippen molar-refractivity contribution in [2.45, 2.75) is 19.3 Å². The van der Waals surface area contributed by atoms with Crippen molar-refractivity contribution in [3.05, 3.63) is 163 Å². The third-order valence-electron chi connectivity index (χ3n) is 11.0. The Morgan fingerprint density at radius 3 is 2.12 bits per heavy atom. The van der Waals surface area contributed by atoms with Crippen LogP contribution >= 0.6 is 11.3 Å². The number of hydrogen-bond acceptors (Lipinski definition) is 3. The zero-order valence-electron chi connectivity index (χ0n) is 28.2. The molecular formula is C47H31N3S. The molecule has 51 heavy (non-hydrogen) atoms. The summed E-state index contributed by atoms with van der Waals surface area (Å²) in [5.74, 6) is 0.690. The summed E-state index contributed by atoms with van der Waals surface area (Å²) >= 11 is 1.79. The van der Waals surface area contributed by atoms with Gasteiger partial charge < -0.3 is 0 Å². The molecule has 7 aromatic carbocycles. The van der Waals surface area contributed by atoms with E-state index >= 15 is 0 Å². The third-order valence-corrected chi connectivity index (χ3v) is 12.1. The molecule has 0 bridgehead atoms. The standard InChI is InChI=1S/C47H31N3S/c1-47(2)38-21-10-8-19-33(38)35-26-36-34-20-9-11-22-40(34)50(41(36)27-39(35)47)46-48-43(32-18-12-17-29(23-32)28-13-4-3-5-14-28)45-44(49-46)37-24-30-15-6-7-16-31(30)25-42(37)51-45/h3-27H,1-2H3. The van der Waals surface area contributed by atoms with E-state index in [9.17, 15) is 0 Å². The van der Waals surface area contributed by atoms with Gasteiger partial charge in [0.25, 0.3) is 0 Å². The average Bonchev–Trinajstić information content (AvgIpc) is 3.78. The van der Waals surface area contributed by atoms with Crippen molar-refractivity contribution in [3.8, 4) is 39.5 Å². The van der Waals surface area contributed by atoms with Crippen molar-refractivity contribution in [2.75, 3.05) is 0 Å². The van der Waals surface area contributed by atoms with Gasteiger partial charge in [0.05, 0.1) is 26.9 Å². The molecule has 0 fully saturated rings. The van der Waals surface area contributed by atoms with E-state index < -0.39 is 0 Å². The highest BCUT2D eigenvalue weighted by Crippen LogP contribution is 2.51. The van der Waals surface area contributed by atoms with Gasteiger partial charge in [0.2, 0.25) is 5.95 Å². The molecule has 0 unspecified atom stereocenters. The lowest BCUT2D eigenvalue weighted by Gasteiger charge is -2.21. The summed E-state index contributed by atoms with van der Waals surface area (Å²) < 4.78 is 4.63. The molecular weight excluding hydrogens is 639 g/mol. The number of thiophene rings is 1. The summed E-state index contributed by atoms with van der Waals surface area (Å²) in [6.07, 6.45) is 0. The van der Waals surface area contributed by atoms with Crippen LogP contribution in [-0.2, 0) is 5.41 Å². The van der Waals surface area contributed by atoms with Crippen molar-refractivity contribution >= 4 is 64.2 Å². The Morgan fingerprint density at radius 1 is 0.510 bits per heavy atom. The van der Waals surface area contributed by atoms with E-state index in [1.807, 2.05) is 0 Å². The van der Waals surface area contributed by atoms with Gasteiger partial charge in [-0.2, -0.15) is 0 Å². The monoisotopic (exact) mass is 669 g/mol. The molecule has 10 aromatic rings.